The first kappa shape index (κ1) is 16.2. The van der Waals surface area contributed by atoms with Gasteiger partial charge in [-0.2, -0.15) is 0 Å². The zero-order valence-corrected chi connectivity index (χ0v) is 12.5. The van der Waals surface area contributed by atoms with Crippen molar-refractivity contribution in [1.29, 1.82) is 0 Å². The lowest BCUT2D eigenvalue weighted by Crippen LogP contribution is -2.35. The van der Waals surface area contributed by atoms with E-state index in [2.05, 4.69) is 0 Å². The molecule has 1 fully saturated rings. The Morgan fingerprint density at radius 1 is 1.04 bits per heavy atom. The molecule has 0 amide bonds. The first-order chi connectivity index (χ1) is 11.4. The minimum atomic E-state index is -1.83. The van der Waals surface area contributed by atoms with E-state index in [0.29, 0.717) is 6.42 Å². The van der Waals surface area contributed by atoms with Gasteiger partial charge >= 0.3 is 17.9 Å². The third-order valence-electron chi connectivity index (χ3n) is 4.67. The van der Waals surface area contributed by atoms with E-state index in [0.717, 1.165) is 0 Å². The summed E-state index contributed by atoms with van der Waals surface area (Å²) in [7, 11) is 0. The number of esters is 1. The first-order valence-corrected chi connectivity index (χ1v) is 7.52. The molecule has 24 heavy (non-hydrogen) atoms. The Hall–Kier alpha value is -2.67. The van der Waals surface area contributed by atoms with Crippen molar-refractivity contribution in [1.82, 2.24) is 0 Å². The van der Waals surface area contributed by atoms with E-state index in [1.54, 1.807) is 0 Å². The van der Waals surface area contributed by atoms with Gasteiger partial charge in [0.05, 0.1) is 11.8 Å². The molecule has 1 saturated carbocycles. The van der Waals surface area contributed by atoms with Crippen LogP contribution in [-0.2, 0) is 14.4 Å². The number of carboxylic acid groups (broad SMARTS) is 2. The molecule has 5 atom stereocenters. The van der Waals surface area contributed by atoms with E-state index in [9.17, 15) is 24.6 Å². The summed E-state index contributed by atoms with van der Waals surface area (Å²) in [6.07, 6.45) is 2.41. The summed E-state index contributed by atoms with van der Waals surface area (Å²) in [6, 6.07) is 5.77. The Labute approximate surface area is 137 Å². The minimum Gasteiger partial charge on any atom is -0.481 e. The van der Waals surface area contributed by atoms with Gasteiger partial charge < -0.3 is 20.1 Å². The second-order valence-electron chi connectivity index (χ2n) is 6.04. The Balaban J connectivity index is 1.84. The van der Waals surface area contributed by atoms with E-state index in [1.165, 1.54) is 24.3 Å². The maximum Gasteiger partial charge on any atom is 0.337 e. The number of hydrogen-bond donors (Lipinski definition) is 3. The van der Waals surface area contributed by atoms with Gasteiger partial charge in [0.2, 0.25) is 0 Å². The highest BCUT2D eigenvalue weighted by Gasteiger charge is 2.52. The number of carboxylic acids is 2. The third kappa shape index (κ3) is 2.67. The Kier molecular flexibility index (Phi) is 4.11. The fourth-order valence-electron chi connectivity index (χ4n) is 3.59. The SMILES string of the molecule is O=C(O)C(O)c1ccccc1OC(=O)[C@H]1[C@@H](C(=O)O)[C@H]2C=C[C@@H]1C2. The molecule has 1 aromatic rings. The lowest BCUT2D eigenvalue weighted by molar-refractivity contribution is -0.152. The molecule has 0 aromatic heterocycles. The zero-order chi connectivity index (χ0) is 17.4. The molecule has 2 aliphatic rings. The number of benzene rings is 1. The van der Waals surface area contributed by atoms with Crippen LogP contribution in [0.15, 0.2) is 36.4 Å². The van der Waals surface area contributed by atoms with Crippen molar-refractivity contribution < 1.29 is 34.4 Å². The highest BCUT2D eigenvalue weighted by Crippen LogP contribution is 2.48. The van der Waals surface area contributed by atoms with Crippen molar-refractivity contribution in [3.63, 3.8) is 0 Å². The fourth-order valence-corrected chi connectivity index (χ4v) is 3.59. The Bertz CT molecular complexity index is 723. The van der Waals surface area contributed by atoms with E-state index >= 15 is 0 Å². The number of fused-ring (bicyclic) bond motifs is 2. The number of carbonyl (C=O) groups excluding carboxylic acids is 1. The molecule has 0 spiro atoms. The van der Waals surface area contributed by atoms with E-state index in [4.69, 9.17) is 9.84 Å². The van der Waals surface area contributed by atoms with Gasteiger partial charge in [-0.25, -0.2) is 4.79 Å². The van der Waals surface area contributed by atoms with Gasteiger partial charge in [-0.3, -0.25) is 9.59 Å². The van der Waals surface area contributed by atoms with Crippen molar-refractivity contribution in [3.8, 4) is 5.75 Å². The fraction of sp³-hybridized carbons (Fsp3) is 0.353. The lowest BCUT2D eigenvalue weighted by Gasteiger charge is -2.23. The molecule has 0 radical (unpaired) electrons. The number of aliphatic hydroxyl groups excluding tert-OH is 1. The summed E-state index contributed by atoms with van der Waals surface area (Å²) in [5.74, 6) is -5.35. The number of para-hydroxylation sites is 1. The molecule has 0 heterocycles. The molecule has 1 unspecified atom stereocenters. The number of allylic oxidation sites excluding steroid dienone is 2. The predicted molar refractivity (Wildman–Crippen MR) is 80.0 cm³/mol. The summed E-state index contributed by atoms with van der Waals surface area (Å²) >= 11 is 0. The largest absolute Gasteiger partial charge is 0.481 e. The van der Waals surface area contributed by atoms with Crippen molar-refractivity contribution >= 4 is 17.9 Å². The summed E-state index contributed by atoms with van der Waals surface area (Å²) in [5, 5.41) is 28.0. The van der Waals surface area contributed by atoms with Crippen LogP contribution in [0.25, 0.3) is 0 Å². The van der Waals surface area contributed by atoms with Gasteiger partial charge in [-0.1, -0.05) is 30.4 Å². The summed E-state index contributed by atoms with van der Waals surface area (Å²) in [5.41, 5.74) is -0.0519. The average molecular weight is 332 g/mol. The topological polar surface area (TPSA) is 121 Å². The van der Waals surface area contributed by atoms with Crippen molar-refractivity contribution in [2.75, 3.05) is 0 Å². The number of aliphatic hydroxyl groups is 1. The number of carbonyl (C=O) groups is 3. The average Bonchev–Trinajstić information content (AvgIpc) is 3.15. The van der Waals surface area contributed by atoms with E-state index in [1.807, 2.05) is 12.2 Å². The van der Waals surface area contributed by atoms with Crippen LogP contribution in [0.1, 0.15) is 18.1 Å². The van der Waals surface area contributed by atoms with Crippen LogP contribution in [0.4, 0.5) is 0 Å². The van der Waals surface area contributed by atoms with Crippen LogP contribution >= 0.6 is 0 Å². The Morgan fingerprint density at radius 2 is 1.67 bits per heavy atom. The maximum atomic E-state index is 12.5. The number of ether oxygens (including phenoxy) is 1. The summed E-state index contributed by atoms with van der Waals surface area (Å²) in [4.78, 5) is 34.9. The van der Waals surface area contributed by atoms with Gasteiger partial charge in [0.15, 0.2) is 6.10 Å². The molecule has 3 rings (SSSR count). The second-order valence-corrected chi connectivity index (χ2v) is 6.04. The molecule has 0 saturated heterocycles. The molecular formula is C17H16O7. The normalized spacial score (nSPS) is 28.5. The van der Waals surface area contributed by atoms with Crippen molar-refractivity contribution in [2.24, 2.45) is 23.7 Å². The molecule has 3 N–H and O–H groups in total. The van der Waals surface area contributed by atoms with Crippen LogP contribution < -0.4 is 4.74 Å². The Morgan fingerprint density at radius 3 is 2.29 bits per heavy atom. The smallest absolute Gasteiger partial charge is 0.337 e. The predicted octanol–water partition coefficient (Wildman–Crippen LogP) is 1.23. The first-order valence-electron chi connectivity index (χ1n) is 7.52. The standard InChI is InChI=1S/C17H16O7/c18-14(16(21)22)10-3-1-2-4-11(10)24-17(23)13-9-6-5-8(7-9)12(13)15(19)20/h1-6,8-9,12-14,18H,7H2,(H,19,20)(H,21,22)/t8-,9+,12-,13+,14?/m0/s1. The van der Waals surface area contributed by atoms with Gasteiger partial charge in [-0.05, 0) is 24.3 Å². The minimum absolute atomic E-state index is 0.0519. The lowest BCUT2D eigenvalue weighted by atomic mass is 9.83. The van der Waals surface area contributed by atoms with Gasteiger partial charge in [-0.15, -0.1) is 0 Å². The molecule has 0 aliphatic heterocycles. The van der Waals surface area contributed by atoms with Crippen molar-refractivity contribution in [2.45, 2.75) is 12.5 Å². The van der Waals surface area contributed by atoms with Crippen LogP contribution in [0.2, 0.25) is 0 Å². The zero-order valence-electron chi connectivity index (χ0n) is 12.5. The third-order valence-corrected chi connectivity index (χ3v) is 4.67. The quantitative estimate of drug-likeness (QED) is 0.421. The van der Waals surface area contributed by atoms with Gasteiger partial charge in [0.25, 0.3) is 0 Å². The second kappa shape index (κ2) is 6.09. The molecular weight excluding hydrogens is 316 g/mol. The number of rotatable bonds is 5. The van der Waals surface area contributed by atoms with Crippen LogP contribution in [-0.4, -0.2) is 33.2 Å². The monoisotopic (exact) mass is 332 g/mol. The number of aliphatic carboxylic acids is 2. The van der Waals surface area contributed by atoms with Crippen LogP contribution in [0.5, 0.6) is 5.75 Å². The molecule has 126 valence electrons. The summed E-state index contributed by atoms with van der Waals surface area (Å²) < 4.78 is 5.27. The van der Waals surface area contributed by atoms with Crippen LogP contribution in [0.3, 0.4) is 0 Å². The number of hydrogen-bond acceptors (Lipinski definition) is 5. The molecule has 1 aromatic carbocycles. The summed E-state index contributed by atoms with van der Waals surface area (Å²) in [6.45, 7) is 0. The van der Waals surface area contributed by atoms with E-state index in [-0.39, 0.29) is 23.1 Å². The molecule has 7 nitrogen and oxygen atoms in total. The highest BCUT2D eigenvalue weighted by atomic mass is 16.5. The van der Waals surface area contributed by atoms with Gasteiger partial charge in [0, 0.05) is 5.56 Å². The van der Waals surface area contributed by atoms with E-state index < -0.39 is 35.8 Å². The molecule has 7 heteroatoms. The molecule has 2 aliphatic carbocycles. The van der Waals surface area contributed by atoms with Gasteiger partial charge in [0.1, 0.15) is 5.75 Å². The van der Waals surface area contributed by atoms with Crippen molar-refractivity contribution in [3.05, 3.63) is 42.0 Å². The molecule has 2 bridgehead atoms. The van der Waals surface area contributed by atoms with Crippen LogP contribution in [0, 0.1) is 23.7 Å². The maximum absolute atomic E-state index is 12.5. The highest BCUT2D eigenvalue weighted by molar-refractivity contribution is 5.85.